The summed E-state index contributed by atoms with van der Waals surface area (Å²) in [6.45, 7) is 3.89. The van der Waals surface area contributed by atoms with Gasteiger partial charge in [-0.25, -0.2) is 9.97 Å². The van der Waals surface area contributed by atoms with E-state index in [1.165, 1.54) is 18.1 Å². The van der Waals surface area contributed by atoms with Crippen LogP contribution < -0.4 is 5.32 Å². The maximum atomic E-state index is 5.35. The van der Waals surface area contributed by atoms with Crippen LogP contribution in [0.5, 0.6) is 0 Å². The topological polar surface area (TPSA) is 76.7 Å². The summed E-state index contributed by atoms with van der Waals surface area (Å²) in [7, 11) is 1.85. The van der Waals surface area contributed by atoms with Crippen LogP contribution >= 0.6 is 11.8 Å². The fourth-order valence-electron chi connectivity index (χ4n) is 1.58. The highest BCUT2D eigenvalue weighted by Crippen LogP contribution is 2.30. The first-order chi connectivity index (χ1) is 8.74. The third kappa shape index (κ3) is 2.79. The number of aromatic nitrogens is 4. The number of hydrogen-bond acceptors (Lipinski definition) is 7. The Kier molecular flexibility index (Phi) is 4.14. The molecule has 6 nitrogen and oxygen atoms in total. The van der Waals surface area contributed by atoms with Crippen LogP contribution in [0.3, 0.4) is 0 Å². The van der Waals surface area contributed by atoms with Gasteiger partial charge in [0.25, 0.3) is 5.22 Å². The summed E-state index contributed by atoms with van der Waals surface area (Å²) in [5.74, 6) is 1.41. The molecular formula is C11H15N5OS. The van der Waals surface area contributed by atoms with Gasteiger partial charge in [-0.2, -0.15) is 0 Å². The first-order valence-electron chi connectivity index (χ1n) is 5.74. The maximum absolute atomic E-state index is 5.35. The molecule has 2 aromatic heterocycles. The van der Waals surface area contributed by atoms with Gasteiger partial charge in [-0.1, -0.05) is 13.3 Å². The highest BCUT2D eigenvalue weighted by atomic mass is 32.2. The summed E-state index contributed by atoms with van der Waals surface area (Å²) in [6, 6.07) is 0. The molecule has 0 saturated heterocycles. The lowest BCUT2D eigenvalue weighted by Crippen LogP contribution is -2.02. The number of nitrogens with zero attached hydrogens (tertiary/aromatic N) is 4. The molecule has 0 fully saturated rings. The van der Waals surface area contributed by atoms with E-state index in [1.807, 2.05) is 7.05 Å². The normalized spacial score (nSPS) is 10.6. The van der Waals surface area contributed by atoms with E-state index in [1.54, 1.807) is 6.92 Å². The molecular weight excluding hydrogens is 250 g/mol. The van der Waals surface area contributed by atoms with Gasteiger partial charge in [0.05, 0.1) is 0 Å². The third-order valence-electron chi connectivity index (χ3n) is 2.33. The third-order valence-corrected chi connectivity index (χ3v) is 3.22. The van der Waals surface area contributed by atoms with Crippen LogP contribution in [0.4, 0.5) is 5.82 Å². The molecule has 1 N–H and O–H groups in total. The summed E-state index contributed by atoms with van der Waals surface area (Å²) >= 11 is 1.37. The quantitative estimate of drug-likeness (QED) is 0.831. The molecule has 0 radical (unpaired) electrons. The van der Waals surface area contributed by atoms with Crippen molar-refractivity contribution in [3.63, 3.8) is 0 Å². The first-order valence-corrected chi connectivity index (χ1v) is 6.55. The highest BCUT2D eigenvalue weighted by molar-refractivity contribution is 7.99. The van der Waals surface area contributed by atoms with Gasteiger partial charge in [0.1, 0.15) is 17.2 Å². The minimum atomic E-state index is 0.505. The highest BCUT2D eigenvalue weighted by Gasteiger charge is 2.14. The summed E-state index contributed by atoms with van der Waals surface area (Å²) < 4.78 is 5.35. The van der Waals surface area contributed by atoms with Gasteiger partial charge < -0.3 is 9.73 Å². The number of anilines is 1. The standard InChI is InChI=1S/C11H15N5OS/c1-4-5-8-9(12-3)13-6-14-10(8)18-11-16-15-7(2)17-11/h6H,4-5H2,1-3H3,(H,12,13,14). The van der Waals surface area contributed by atoms with Crippen LogP contribution in [0.25, 0.3) is 0 Å². The number of rotatable bonds is 5. The van der Waals surface area contributed by atoms with E-state index in [0.29, 0.717) is 11.1 Å². The van der Waals surface area contributed by atoms with Crippen LogP contribution in [-0.4, -0.2) is 27.2 Å². The molecule has 0 bridgehead atoms. The summed E-state index contributed by atoms with van der Waals surface area (Å²) in [5, 5.41) is 12.2. The Hall–Kier alpha value is -1.63. The van der Waals surface area contributed by atoms with E-state index in [4.69, 9.17) is 4.42 Å². The summed E-state index contributed by atoms with van der Waals surface area (Å²) in [4.78, 5) is 8.52. The van der Waals surface area contributed by atoms with Gasteiger partial charge in [0.2, 0.25) is 5.89 Å². The fourth-order valence-corrected chi connectivity index (χ4v) is 2.41. The smallest absolute Gasteiger partial charge is 0.282 e. The lowest BCUT2D eigenvalue weighted by Gasteiger charge is -2.09. The second kappa shape index (κ2) is 5.81. The Balaban J connectivity index is 2.31. The molecule has 0 saturated carbocycles. The Labute approximate surface area is 110 Å². The molecule has 2 heterocycles. The molecule has 18 heavy (non-hydrogen) atoms. The Morgan fingerprint density at radius 2 is 2.17 bits per heavy atom. The first kappa shape index (κ1) is 12.8. The number of aryl methyl sites for hydroxylation is 1. The van der Waals surface area contributed by atoms with Crippen molar-refractivity contribution in [3.05, 3.63) is 17.8 Å². The zero-order chi connectivity index (χ0) is 13.0. The predicted octanol–water partition coefficient (Wildman–Crippen LogP) is 2.31. The number of hydrogen-bond donors (Lipinski definition) is 1. The van der Waals surface area contributed by atoms with E-state index in [2.05, 4.69) is 32.4 Å². The zero-order valence-corrected chi connectivity index (χ0v) is 11.4. The van der Waals surface area contributed by atoms with Crippen LogP contribution in [-0.2, 0) is 6.42 Å². The SMILES string of the molecule is CCCc1c(NC)ncnc1Sc1nnc(C)o1. The van der Waals surface area contributed by atoms with Crippen LogP contribution in [0.1, 0.15) is 24.8 Å². The van der Waals surface area contributed by atoms with Gasteiger partial charge in [-0.3, -0.25) is 0 Å². The van der Waals surface area contributed by atoms with Crippen molar-refractivity contribution in [1.82, 2.24) is 20.2 Å². The Morgan fingerprint density at radius 3 is 2.78 bits per heavy atom. The molecule has 0 aromatic carbocycles. The van der Waals surface area contributed by atoms with E-state index in [0.717, 1.165) is 29.2 Å². The van der Waals surface area contributed by atoms with Crippen LogP contribution in [0.15, 0.2) is 21.0 Å². The van der Waals surface area contributed by atoms with E-state index < -0.39 is 0 Å². The molecule has 0 aliphatic carbocycles. The molecule has 0 unspecified atom stereocenters. The summed E-state index contributed by atoms with van der Waals surface area (Å²) in [6.07, 6.45) is 3.47. The average molecular weight is 265 g/mol. The van der Waals surface area contributed by atoms with Crippen molar-refractivity contribution in [2.75, 3.05) is 12.4 Å². The molecule has 0 atom stereocenters. The van der Waals surface area contributed by atoms with Gasteiger partial charge in [0.15, 0.2) is 0 Å². The predicted molar refractivity (Wildman–Crippen MR) is 68.7 cm³/mol. The molecule has 0 amide bonds. The van der Waals surface area contributed by atoms with Crippen molar-refractivity contribution in [1.29, 1.82) is 0 Å². The fraction of sp³-hybridized carbons (Fsp3) is 0.455. The van der Waals surface area contributed by atoms with E-state index in [-0.39, 0.29) is 0 Å². The molecule has 2 rings (SSSR count). The second-order valence-electron chi connectivity index (χ2n) is 3.70. The van der Waals surface area contributed by atoms with E-state index >= 15 is 0 Å². The minimum Gasteiger partial charge on any atom is -0.416 e. The molecule has 7 heteroatoms. The van der Waals surface area contributed by atoms with Crippen LogP contribution in [0, 0.1) is 6.92 Å². The lowest BCUT2D eigenvalue weighted by molar-refractivity contribution is 0.429. The molecule has 2 aromatic rings. The summed E-state index contributed by atoms with van der Waals surface area (Å²) in [5.41, 5.74) is 1.09. The molecule has 96 valence electrons. The van der Waals surface area contributed by atoms with Crippen molar-refractivity contribution in [2.24, 2.45) is 0 Å². The van der Waals surface area contributed by atoms with Crippen molar-refractivity contribution >= 4 is 17.6 Å². The van der Waals surface area contributed by atoms with Gasteiger partial charge in [-0.05, 0) is 18.2 Å². The Bertz CT molecular complexity index is 528. The van der Waals surface area contributed by atoms with Crippen molar-refractivity contribution in [2.45, 2.75) is 36.9 Å². The van der Waals surface area contributed by atoms with E-state index in [9.17, 15) is 0 Å². The van der Waals surface area contributed by atoms with Gasteiger partial charge in [0, 0.05) is 19.5 Å². The van der Waals surface area contributed by atoms with Crippen LogP contribution in [0.2, 0.25) is 0 Å². The second-order valence-corrected chi connectivity index (χ2v) is 4.64. The maximum Gasteiger partial charge on any atom is 0.282 e. The van der Waals surface area contributed by atoms with Gasteiger partial charge in [-0.15, -0.1) is 10.2 Å². The molecule has 0 aliphatic heterocycles. The van der Waals surface area contributed by atoms with Crippen molar-refractivity contribution < 1.29 is 4.42 Å². The zero-order valence-electron chi connectivity index (χ0n) is 10.6. The van der Waals surface area contributed by atoms with Gasteiger partial charge >= 0.3 is 0 Å². The number of nitrogens with one attached hydrogen (secondary N) is 1. The Morgan fingerprint density at radius 1 is 1.33 bits per heavy atom. The average Bonchev–Trinajstić information content (AvgIpc) is 2.77. The molecule has 0 spiro atoms. The largest absolute Gasteiger partial charge is 0.416 e. The van der Waals surface area contributed by atoms with Crippen molar-refractivity contribution in [3.8, 4) is 0 Å². The monoisotopic (exact) mass is 265 g/mol. The molecule has 0 aliphatic rings. The lowest BCUT2D eigenvalue weighted by atomic mass is 10.2. The minimum absolute atomic E-state index is 0.505.